The third kappa shape index (κ3) is 4.61. The minimum atomic E-state index is 0.218. The van der Waals surface area contributed by atoms with Gasteiger partial charge in [0.15, 0.2) is 0 Å². The van der Waals surface area contributed by atoms with Gasteiger partial charge < -0.3 is 15.4 Å². The number of nitrogens with one attached hydrogen (secondary N) is 2. The summed E-state index contributed by atoms with van der Waals surface area (Å²) in [6.45, 7) is 3.57. The minimum absolute atomic E-state index is 0.218. The number of rotatable bonds is 6. The van der Waals surface area contributed by atoms with Crippen LogP contribution in [0.15, 0.2) is 54.6 Å². The van der Waals surface area contributed by atoms with Crippen LogP contribution in [0, 0.1) is 6.92 Å². The van der Waals surface area contributed by atoms with Gasteiger partial charge in [-0.25, -0.2) is 4.98 Å². The van der Waals surface area contributed by atoms with Gasteiger partial charge in [-0.1, -0.05) is 48.0 Å². The molecule has 1 aromatic heterocycles. The maximum absolute atomic E-state index is 6.16. The third-order valence-electron chi connectivity index (χ3n) is 4.77. The zero-order valence-electron chi connectivity index (χ0n) is 15.8. The normalized spacial score (nSPS) is 16.1. The molecular weight excluding hydrogens is 372 g/mol. The Kier molecular flexibility index (Phi) is 5.74. The molecule has 1 unspecified atom stereocenters. The van der Waals surface area contributed by atoms with Crippen LogP contribution >= 0.6 is 11.6 Å². The Morgan fingerprint density at radius 1 is 1.11 bits per heavy atom. The second-order valence-corrected chi connectivity index (χ2v) is 7.36. The van der Waals surface area contributed by atoms with E-state index in [0.29, 0.717) is 23.3 Å². The average Bonchev–Trinajstić information content (AvgIpc) is 3.23. The summed E-state index contributed by atoms with van der Waals surface area (Å²) >= 11 is 6.16. The summed E-state index contributed by atoms with van der Waals surface area (Å²) in [5, 5.41) is 7.40. The fourth-order valence-corrected chi connectivity index (χ4v) is 3.40. The molecule has 1 fully saturated rings. The number of anilines is 3. The topological polar surface area (TPSA) is 59.1 Å². The molecule has 0 aliphatic carbocycles. The molecule has 5 nitrogen and oxygen atoms in total. The van der Waals surface area contributed by atoms with Crippen LogP contribution in [-0.4, -0.2) is 29.2 Å². The number of aryl methyl sites for hydroxylation is 1. The van der Waals surface area contributed by atoms with E-state index in [9.17, 15) is 0 Å². The molecular formula is C22H23ClN4O. The number of ether oxygens (including phenoxy) is 1. The first kappa shape index (κ1) is 18.7. The molecule has 0 bridgehead atoms. The number of aromatic nitrogens is 2. The maximum Gasteiger partial charge on any atom is 0.225 e. The molecule has 0 spiro atoms. The van der Waals surface area contributed by atoms with E-state index in [1.54, 1.807) is 0 Å². The lowest BCUT2D eigenvalue weighted by Crippen LogP contribution is -2.20. The van der Waals surface area contributed by atoms with Crippen molar-refractivity contribution in [1.82, 2.24) is 9.97 Å². The number of nitrogens with zero attached hydrogens (tertiary/aromatic N) is 2. The van der Waals surface area contributed by atoms with Crippen molar-refractivity contribution >= 4 is 29.1 Å². The highest BCUT2D eigenvalue weighted by atomic mass is 35.5. The van der Waals surface area contributed by atoms with Crippen molar-refractivity contribution in [3.8, 4) is 11.3 Å². The minimum Gasteiger partial charge on any atom is -0.376 e. The van der Waals surface area contributed by atoms with Crippen molar-refractivity contribution < 1.29 is 4.74 Å². The molecule has 1 aliphatic rings. The Morgan fingerprint density at radius 3 is 2.75 bits per heavy atom. The van der Waals surface area contributed by atoms with Gasteiger partial charge in [0.05, 0.1) is 11.8 Å². The van der Waals surface area contributed by atoms with E-state index in [4.69, 9.17) is 21.3 Å². The largest absolute Gasteiger partial charge is 0.376 e. The van der Waals surface area contributed by atoms with Crippen LogP contribution in [0.1, 0.15) is 18.4 Å². The summed E-state index contributed by atoms with van der Waals surface area (Å²) in [5.41, 5.74) is 3.91. The van der Waals surface area contributed by atoms with E-state index in [1.165, 1.54) is 0 Å². The average molecular weight is 395 g/mol. The van der Waals surface area contributed by atoms with Gasteiger partial charge in [0, 0.05) is 35.5 Å². The van der Waals surface area contributed by atoms with E-state index >= 15 is 0 Å². The van der Waals surface area contributed by atoms with Crippen LogP contribution in [0.3, 0.4) is 0 Å². The monoisotopic (exact) mass is 394 g/mol. The second-order valence-electron chi connectivity index (χ2n) is 6.93. The van der Waals surface area contributed by atoms with Gasteiger partial charge in [-0.05, 0) is 37.5 Å². The van der Waals surface area contributed by atoms with Gasteiger partial charge >= 0.3 is 0 Å². The molecule has 4 rings (SSSR count). The van der Waals surface area contributed by atoms with E-state index in [-0.39, 0.29) is 6.10 Å². The van der Waals surface area contributed by atoms with Gasteiger partial charge in [0.2, 0.25) is 5.95 Å². The number of benzene rings is 2. The number of halogens is 1. The predicted octanol–water partition coefficient (Wildman–Crippen LogP) is 5.44. The van der Waals surface area contributed by atoms with Gasteiger partial charge in [-0.2, -0.15) is 4.98 Å². The van der Waals surface area contributed by atoms with Gasteiger partial charge in [-0.3, -0.25) is 0 Å². The lowest BCUT2D eigenvalue weighted by molar-refractivity contribution is 0.120. The molecule has 1 aliphatic heterocycles. The summed E-state index contributed by atoms with van der Waals surface area (Å²) in [7, 11) is 0. The van der Waals surface area contributed by atoms with Crippen LogP contribution in [0.2, 0.25) is 5.02 Å². The van der Waals surface area contributed by atoms with Crippen molar-refractivity contribution in [2.75, 3.05) is 23.8 Å². The molecule has 1 saturated heterocycles. The highest BCUT2D eigenvalue weighted by Crippen LogP contribution is 2.27. The molecule has 0 amide bonds. The zero-order chi connectivity index (χ0) is 19.3. The Bertz CT molecular complexity index is 943. The molecule has 0 radical (unpaired) electrons. The molecule has 2 heterocycles. The molecule has 6 heteroatoms. The lowest BCUT2D eigenvalue weighted by atomic mass is 10.1. The van der Waals surface area contributed by atoms with Crippen molar-refractivity contribution in [2.45, 2.75) is 25.9 Å². The lowest BCUT2D eigenvalue weighted by Gasteiger charge is -2.14. The van der Waals surface area contributed by atoms with Crippen LogP contribution in [-0.2, 0) is 4.74 Å². The molecule has 3 aromatic rings. The fraction of sp³-hybridized carbons (Fsp3) is 0.273. The SMILES string of the molecule is Cc1ccc(Cl)cc1Nc1cc(-c2ccccc2)nc(NCC2CCCO2)n1. The number of hydrogen-bond acceptors (Lipinski definition) is 5. The van der Waals surface area contributed by atoms with E-state index in [1.807, 2.05) is 61.5 Å². The van der Waals surface area contributed by atoms with Gasteiger partial charge in [0.25, 0.3) is 0 Å². The summed E-state index contributed by atoms with van der Waals surface area (Å²) in [6.07, 6.45) is 2.40. The van der Waals surface area contributed by atoms with Crippen molar-refractivity contribution in [3.05, 3.63) is 65.2 Å². The summed E-state index contributed by atoms with van der Waals surface area (Å²) in [6, 6.07) is 17.8. The van der Waals surface area contributed by atoms with E-state index in [2.05, 4.69) is 15.6 Å². The second kappa shape index (κ2) is 8.59. The quantitative estimate of drug-likeness (QED) is 0.583. The molecule has 1 atom stereocenters. The van der Waals surface area contributed by atoms with Crippen LogP contribution in [0.5, 0.6) is 0 Å². The summed E-state index contributed by atoms with van der Waals surface area (Å²) in [4.78, 5) is 9.36. The zero-order valence-corrected chi connectivity index (χ0v) is 16.5. The molecule has 2 aromatic carbocycles. The predicted molar refractivity (Wildman–Crippen MR) is 114 cm³/mol. The van der Waals surface area contributed by atoms with Crippen LogP contribution < -0.4 is 10.6 Å². The highest BCUT2D eigenvalue weighted by molar-refractivity contribution is 6.30. The standard InChI is InChI=1S/C22H23ClN4O/c1-15-9-10-17(23)12-19(15)25-21-13-20(16-6-3-2-4-7-16)26-22(27-21)24-14-18-8-5-11-28-18/h2-4,6-7,9-10,12-13,18H,5,8,11,14H2,1H3,(H2,24,25,26,27). The molecule has 0 saturated carbocycles. The van der Waals surface area contributed by atoms with Gasteiger partial charge in [0.1, 0.15) is 5.82 Å². The maximum atomic E-state index is 6.16. The smallest absolute Gasteiger partial charge is 0.225 e. The first-order valence-electron chi connectivity index (χ1n) is 9.50. The van der Waals surface area contributed by atoms with Crippen LogP contribution in [0.4, 0.5) is 17.5 Å². The Balaban J connectivity index is 1.63. The van der Waals surface area contributed by atoms with Crippen molar-refractivity contribution in [3.63, 3.8) is 0 Å². The van der Waals surface area contributed by atoms with Crippen molar-refractivity contribution in [2.24, 2.45) is 0 Å². The first-order chi connectivity index (χ1) is 13.7. The Morgan fingerprint density at radius 2 is 1.96 bits per heavy atom. The van der Waals surface area contributed by atoms with Crippen LogP contribution in [0.25, 0.3) is 11.3 Å². The fourth-order valence-electron chi connectivity index (χ4n) is 3.22. The van der Waals surface area contributed by atoms with E-state index in [0.717, 1.165) is 42.0 Å². The van der Waals surface area contributed by atoms with Gasteiger partial charge in [-0.15, -0.1) is 0 Å². The molecule has 144 valence electrons. The molecule has 28 heavy (non-hydrogen) atoms. The highest BCUT2D eigenvalue weighted by Gasteiger charge is 2.16. The first-order valence-corrected chi connectivity index (χ1v) is 9.88. The summed E-state index contributed by atoms with van der Waals surface area (Å²) in [5.74, 6) is 1.30. The Hall–Kier alpha value is -2.63. The third-order valence-corrected chi connectivity index (χ3v) is 5.00. The summed E-state index contributed by atoms with van der Waals surface area (Å²) < 4.78 is 5.70. The van der Waals surface area contributed by atoms with Crippen molar-refractivity contribution in [1.29, 1.82) is 0 Å². The number of hydrogen-bond donors (Lipinski definition) is 2. The molecule has 2 N–H and O–H groups in total. The van der Waals surface area contributed by atoms with E-state index < -0.39 is 0 Å². The Labute approximate surface area is 170 Å².